The van der Waals surface area contributed by atoms with Gasteiger partial charge < -0.3 is 5.32 Å². The molecule has 3 aromatic rings. The van der Waals surface area contributed by atoms with Crippen LogP contribution < -0.4 is 5.32 Å². The second-order valence-electron chi connectivity index (χ2n) is 4.19. The highest BCUT2D eigenvalue weighted by atomic mass is 32.1. The fraction of sp³-hybridized carbons (Fsp3) is 0.133. The molecule has 1 aromatic carbocycles. The van der Waals surface area contributed by atoms with E-state index in [2.05, 4.69) is 32.4 Å². The molecule has 0 aliphatic heterocycles. The van der Waals surface area contributed by atoms with Crippen LogP contribution in [0, 0.1) is 0 Å². The molecule has 100 valence electrons. The second-order valence-corrected chi connectivity index (χ2v) is 5.22. The quantitative estimate of drug-likeness (QED) is 0.792. The maximum Gasteiger partial charge on any atom is 0.223 e. The first-order chi connectivity index (χ1) is 9.86. The van der Waals surface area contributed by atoms with Gasteiger partial charge in [-0.25, -0.2) is 15.0 Å². The van der Waals surface area contributed by atoms with E-state index >= 15 is 0 Å². The van der Waals surface area contributed by atoms with Crippen molar-refractivity contribution in [2.75, 3.05) is 11.9 Å². The minimum atomic E-state index is 0.652. The van der Waals surface area contributed by atoms with Crippen molar-refractivity contribution in [1.29, 1.82) is 0 Å². The SMILES string of the molecule is CCNc1nccc(-c2cnc(-c3ccccc3)s2)n1. The van der Waals surface area contributed by atoms with Gasteiger partial charge in [-0.05, 0) is 13.0 Å². The number of anilines is 1. The van der Waals surface area contributed by atoms with Crippen LogP contribution in [0.2, 0.25) is 0 Å². The Bertz CT molecular complexity index is 694. The summed E-state index contributed by atoms with van der Waals surface area (Å²) in [4.78, 5) is 14.2. The Kier molecular flexibility index (Phi) is 3.69. The van der Waals surface area contributed by atoms with Crippen LogP contribution in [0.3, 0.4) is 0 Å². The summed E-state index contributed by atoms with van der Waals surface area (Å²) in [6, 6.07) is 12.1. The van der Waals surface area contributed by atoms with Crippen LogP contribution in [-0.2, 0) is 0 Å². The molecule has 2 aromatic heterocycles. The predicted molar refractivity (Wildman–Crippen MR) is 82.7 cm³/mol. The molecule has 0 fully saturated rings. The van der Waals surface area contributed by atoms with Crippen molar-refractivity contribution >= 4 is 17.3 Å². The zero-order chi connectivity index (χ0) is 13.8. The Morgan fingerprint density at radius 1 is 1.10 bits per heavy atom. The van der Waals surface area contributed by atoms with Gasteiger partial charge in [0.25, 0.3) is 0 Å². The minimum absolute atomic E-state index is 0.652. The molecule has 0 saturated heterocycles. The van der Waals surface area contributed by atoms with E-state index in [0.29, 0.717) is 5.95 Å². The van der Waals surface area contributed by atoms with Crippen molar-refractivity contribution < 1.29 is 0 Å². The summed E-state index contributed by atoms with van der Waals surface area (Å²) in [5, 5.41) is 4.12. The largest absolute Gasteiger partial charge is 0.354 e. The number of benzene rings is 1. The summed E-state index contributed by atoms with van der Waals surface area (Å²) >= 11 is 1.64. The smallest absolute Gasteiger partial charge is 0.223 e. The van der Waals surface area contributed by atoms with Gasteiger partial charge >= 0.3 is 0 Å². The topological polar surface area (TPSA) is 50.7 Å². The zero-order valence-electron chi connectivity index (χ0n) is 11.1. The van der Waals surface area contributed by atoms with Crippen LogP contribution in [0.1, 0.15) is 6.92 Å². The second kappa shape index (κ2) is 5.79. The number of nitrogens with one attached hydrogen (secondary N) is 1. The molecule has 1 N–H and O–H groups in total. The fourth-order valence-corrected chi connectivity index (χ4v) is 2.74. The highest BCUT2D eigenvalue weighted by molar-refractivity contribution is 7.18. The van der Waals surface area contributed by atoms with Gasteiger partial charge in [-0.2, -0.15) is 0 Å². The van der Waals surface area contributed by atoms with E-state index in [1.54, 1.807) is 17.5 Å². The molecule has 4 nitrogen and oxygen atoms in total. The van der Waals surface area contributed by atoms with Crippen molar-refractivity contribution in [2.45, 2.75) is 6.92 Å². The molecule has 20 heavy (non-hydrogen) atoms. The summed E-state index contributed by atoms with van der Waals surface area (Å²) in [6.45, 7) is 2.83. The number of thiazole rings is 1. The molecule has 0 aliphatic rings. The van der Waals surface area contributed by atoms with Gasteiger partial charge in [0.2, 0.25) is 5.95 Å². The molecule has 0 bridgehead atoms. The lowest BCUT2D eigenvalue weighted by molar-refractivity contribution is 1.09. The van der Waals surface area contributed by atoms with Crippen molar-refractivity contribution in [3.8, 4) is 21.1 Å². The van der Waals surface area contributed by atoms with Gasteiger partial charge in [0, 0.05) is 24.5 Å². The lowest BCUT2D eigenvalue weighted by atomic mass is 10.2. The molecule has 0 radical (unpaired) electrons. The molecule has 5 heteroatoms. The Hall–Kier alpha value is -2.27. The first-order valence-electron chi connectivity index (χ1n) is 6.45. The molecule has 3 rings (SSSR count). The van der Waals surface area contributed by atoms with Crippen molar-refractivity contribution in [2.24, 2.45) is 0 Å². The Morgan fingerprint density at radius 3 is 2.75 bits per heavy atom. The lowest BCUT2D eigenvalue weighted by Gasteiger charge is -2.01. The van der Waals surface area contributed by atoms with E-state index in [1.165, 1.54) is 0 Å². The van der Waals surface area contributed by atoms with E-state index in [9.17, 15) is 0 Å². The monoisotopic (exact) mass is 282 g/mol. The Balaban J connectivity index is 1.92. The van der Waals surface area contributed by atoms with Gasteiger partial charge in [0.15, 0.2) is 0 Å². The maximum atomic E-state index is 4.49. The summed E-state index contributed by atoms with van der Waals surface area (Å²) in [6.07, 6.45) is 3.63. The average molecular weight is 282 g/mol. The van der Waals surface area contributed by atoms with E-state index in [0.717, 1.165) is 27.7 Å². The molecule has 0 amide bonds. The van der Waals surface area contributed by atoms with E-state index < -0.39 is 0 Å². The standard InChI is InChI=1S/C15H14N4S/c1-2-16-15-17-9-8-12(19-15)13-10-18-14(20-13)11-6-4-3-5-7-11/h3-10H,2H2,1H3,(H,16,17,19). The predicted octanol–water partition coefficient (Wildman–Crippen LogP) is 3.70. The first-order valence-corrected chi connectivity index (χ1v) is 7.27. The van der Waals surface area contributed by atoms with Gasteiger partial charge in [0.05, 0.1) is 10.6 Å². The normalized spacial score (nSPS) is 10.4. The Labute approximate surface area is 121 Å². The Morgan fingerprint density at radius 2 is 1.95 bits per heavy atom. The molecule has 0 aliphatic carbocycles. The number of hydrogen-bond donors (Lipinski definition) is 1. The summed E-state index contributed by atoms with van der Waals surface area (Å²) in [5.74, 6) is 0.652. The van der Waals surface area contributed by atoms with Crippen LogP contribution in [0.4, 0.5) is 5.95 Å². The molecule has 0 spiro atoms. The van der Waals surface area contributed by atoms with Crippen molar-refractivity contribution in [1.82, 2.24) is 15.0 Å². The van der Waals surface area contributed by atoms with Crippen molar-refractivity contribution in [3.05, 3.63) is 48.8 Å². The molecule has 0 saturated carbocycles. The van der Waals surface area contributed by atoms with Crippen LogP contribution in [0.5, 0.6) is 0 Å². The number of rotatable bonds is 4. The molecular formula is C15H14N4S. The van der Waals surface area contributed by atoms with Crippen molar-refractivity contribution in [3.63, 3.8) is 0 Å². The molecule has 0 unspecified atom stereocenters. The molecule has 2 heterocycles. The maximum absolute atomic E-state index is 4.49. The van der Waals surface area contributed by atoms with Gasteiger partial charge in [-0.15, -0.1) is 11.3 Å². The zero-order valence-corrected chi connectivity index (χ0v) is 11.9. The van der Waals surface area contributed by atoms with E-state index in [4.69, 9.17) is 0 Å². The lowest BCUT2D eigenvalue weighted by Crippen LogP contribution is -2.01. The average Bonchev–Trinajstić information content (AvgIpc) is 2.99. The van der Waals surface area contributed by atoms with Gasteiger partial charge in [-0.3, -0.25) is 0 Å². The van der Waals surface area contributed by atoms with Crippen LogP contribution >= 0.6 is 11.3 Å². The van der Waals surface area contributed by atoms with Crippen LogP contribution in [-0.4, -0.2) is 21.5 Å². The summed E-state index contributed by atoms with van der Waals surface area (Å²) in [7, 11) is 0. The van der Waals surface area contributed by atoms with Gasteiger partial charge in [-0.1, -0.05) is 30.3 Å². The molecular weight excluding hydrogens is 268 g/mol. The number of nitrogens with zero attached hydrogens (tertiary/aromatic N) is 3. The van der Waals surface area contributed by atoms with Gasteiger partial charge in [0.1, 0.15) is 5.01 Å². The number of hydrogen-bond acceptors (Lipinski definition) is 5. The van der Waals surface area contributed by atoms with E-state index in [1.807, 2.05) is 37.4 Å². The first kappa shape index (κ1) is 12.7. The molecule has 0 atom stereocenters. The fourth-order valence-electron chi connectivity index (χ4n) is 1.85. The third-order valence-corrected chi connectivity index (χ3v) is 3.84. The minimum Gasteiger partial charge on any atom is -0.354 e. The highest BCUT2D eigenvalue weighted by Gasteiger charge is 2.08. The summed E-state index contributed by atoms with van der Waals surface area (Å²) < 4.78 is 0. The van der Waals surface area contributed by atoms with E-state index in [-0.39, 0.29) is 0 Å². The highest BCUT2D eigenvalue weighted by Crippen LogP contribution is 2.30. The third-order valence-electron chi connectivity index (χ3n) is 2.77. The third kappa shape index (κ3) is 2.67. The summed E-state index contributed by atoms with van der Waals surface area (Å²) in [5.41, 5.74) is 2.03. The van der Waals surface area contributed by atoms with Crippen LogP contribution in [0.15, 0.2) is 48.8 Å². The number of aromatic nitrogens is 3. The van der Waals surface area contributed by atoms with Crippen LogP contribution in [0.25, 0.3) is 21.1 Å².